The van der Waals surface area contributed by atoms with Crippen molar-refractivity contribution in [3.8, 4) is 0 Å². The molecule has 110 valence electrons. The molecule has 0 aliphatic heterocycles. The SMILES string of the molecule is CC(C)(C)OC(=O)C1CCC(Nc2ncccn2)CC1. The molecule has 1 aliphatic rings. The molecular formula is C15H23N3O2. The first-order chi connectivity index (χ1) is 9.44. The van der Waals surface area contributed by atoms with Gasteiger partial charge in [-0.3, -0.25) is 4.79 Å². The highest BCUT2D eigenvalue weighted by Gasteiger charge is 2.30. The second kappa shape index (κ2) is 6.20. The quantitative estimate of drug-likeness (QED) is 0.861. The van der Waals surface area contributed by atoms with Crippen molar-refractivity contribution in [3.05, 3.63) is 18.5 Å². The minimum atomic E-state index is -0.399. The molecule has 20 heavy (non-hydrogen) atoms. The van der Waals surface area contributed by atoms with Crippen LogP contribution in [0.3, 0.4) is 0 Å². The first-order valence-corrected chi connectivity index (χ1v) is 7.20. The van der Waals surface area contributed by atoms with Gasteiger partial charge in [0.15, 0.2) is 0 Å². The van der Waals surface area contributed by atoms with Crippen LogP contribution in [0.25, 0.3) is 0 Å². The van der Waals surface area contributed by atoms with E-state index in [1.165, 1.54) is 0 Å². The summed E-state index contributed by atoms with van der Waals surface area (Å²) in [6.45, 7) is 5.72. The lowest BCUT2D eigenvalue weighted by atomic mass is 9.86. The average Bonchev–Trinajstić information content (AvgIpc) is 2.39. The van der Waals surface area contributed by atoms with Crippen LogP contribution in [0.15, 0.2) is 18.5 Å². The summed E-state index contributed by atoms with van der Waals surface area (Å²) in [7, 11) is 0. The lowest BCUT2D eigenvalue weighted by Gasteiger charge is -2.30. The van der Waals surface area contributed by atoms with E-state index in [0.29, 0.717) is 12.0 Å². The summed E-state index contributed by atoms with van der Waals surface area (Å²) in [5, 5.41) is 3.31. The van der Waals surface area contributed by atoms with Crippen LogP contribution < -0.4 is 5.32 Å². The Hall–Kier alpha value is -1.65. The normalized spacial score (nSPS) is 23.1. The van der Waals surface area contributed by atoms with E-state index in [9.17, 15) is 4.79 Å². The third-order valence-electron chi connectivity index (χ3n) is 3.37. The molecule has 1 aromatic heterocycles. The van der Waals surface area contributed by atoms with Gasteiger partial charge in [-0.2, -0.15) is 0 Å². The van der Waals surface area contributed by atoms with Gasteiger partial charge in [0.1, 0.15) is 5.60 Å². The highest BCUT2D eigenvalue weighted by Crippen LogP contribution is 2.28. The van der Waals surface area contributed by atoms with Crippen molar-refractivity contribution in [2.45, 2.75) is 58.1 Å². The van der Waals surface area contributed by atoms with Crippen LogP contribution in [-0.4, -0.2) is 27.6 Å². The molecule has 1 heterocycles. The third-order valence-corrected chi connectivity index (χ3v) is 3.37. The van der Waals surface area contributed by atoms with Crippen LogP contribution in [0.4, 0.5) is 5.95 Å². The van der Waals surface area contributed by atoms with Gasteiger partial charge in [0.2, 0.25) is 5.95 Å². The molecule has 0 unspecified atom stereocenters. The Morgan fingerprint density at radius 3 is 2.35 bits per heavy atom. The van der Waals surface area contributed by atoms with Crippen LogP contribution in [-0.2, 0) is 9.53 Å². The molecule has 0 radical (unpaired) electrons. The van der Waals surface area contributed by atoms with Crippen LogP contribution in [0.1, 0.15) is 46.5 Å². The van der Waals surface area contributed by atoms with E-state index in [4.69, 9.17) is 4.74 Å². The average molecular weight is 277 g/mol. The molecule has 0 spiro atoms. The van der Waals surface area contributed by atoms with Crippen LogP contribution in [0, 0.1) is 5.92 Å². The summed E-state index contributed by atoms with van der Waals surface area (Å²) in [4.78, 5) is 20.3. The van der Waals surface area contributed by atoms with E-state index < -0.39 is 5.60 Å². The Balaban J connectivity index is 1.79. The van der Waals surface area contributed by atoms with Gasteiger partial charge in [0, 0.05) is 18.4 Å². The first kappa shape index (κ1) is 14.8. The second-order valence-corrected chi connectivity index (χ2v) is 6.30. The number of hydrogen-bond donors (Lipinski definition) is 1. The number of nitrogens with zero attached hydrogens (tertiary/aromatic N) is 2. The molecule has 1 aliphatic carbocycles. The number of rotatable bonds is 3. The zero-order chi connectivity index (χ0) is 14.6. The molecule has 0 atom stereocenters. The maximum atomic E-state index is 12.0. The Morgan fingerprint density at radius 2 is 1.80 bits per heavy atom. The summed E-state index contributed by atoms with van der Waals surface area (Å²) in [5.41, 5.74) is -0.399. The van der Waals surface area contributed by atoms with Crippen molar-refractivity contribution in [2.24, 2.45) is 5.92 Å². The number of esters is 1. The van der Waals surface area contributed by atoms with E-state index >= 15 is 0 Å². The Kier molecular flexibility index (Phi) is 4.57. The predicted octanol–water partition coefficient (Wildman–Crippen LogP) is 2.79. The Labute approximate surface area is 120 Å². The van der Waals surface area contributed by atoms with Gasteiger partial charge in [0.25, 0.3) is 0 Å². The van der Waals surface area contributed by atoms with Gasteiger partial charge in [-0.05, 0) is 52.5 Å². The largest absolute Gasteiger partial charge is 0.460 e. The van der Waals surface area contributed by atoms with Crippen molar-refractivity contribution in [3.63, 3.8) is 0 Å². The number of anilines is 1. The maximum Gasteiger partial charge on any atom is 0.309 e. The molecule has 1 aromatic rings. The van der Waals surface area contributed by atoms with Crippen LogP contribution in [0.2, 0.25) is 0 Å². The minimum Gasteiger partial charge on any atom is -0.460 e. The molecule has 5 nitrogen and oxygen atoms in total. The smallest absolute Gasteiger partial charge is 0.309 e. The lowest BCUT2D eigenvalue weighted by molar-refractivity contribution is -0.161. The summed E-state index contributed by atoms with van der Waals surface area (Å²) < 4.78 is 5.45. The number of carbonyl (C=O) groups is 1. The molecule has 0 aromatic carbocycles. The molecule has 1 N–H and O–H groups in total. The van der Waals surface area contributed by atoms with Gasteiger partial charge < -0.3 is 10.1 Å². The van der Waals surface area contributed by atoms with Gasteiger partial charge >= 0.3 is 5.97 Å². The Morgan fingerprint density at radius 1 is 1.20 bits per heavy atom. The van der Waals surface area contributed by atoms with Crippen LogP contribution in [0.5, 0.6) is 0 Å². The summed E-state index contributed by atoms with van der Waals surface area (Å²) >= 11 is 0. The van der Waals surface area contributed by atoms with Crippen molar-refractivity contribution in [2.75, 3.05) is 5.32 Å². The van der Waals surface area contributed by atoms with Crippen LogP contribution >= 0.6 is 0 Å². The molecule has 0 amide bonds. The van der Waals surface area contributed by atoms with Crippen molar-refractivity contribution in [1.29, 1.82) is 0 Å². The topological polar surface area (TPSA) is 64.1 Å². The number of carbonyl (C=O) groups excluding carboxylic acids is 1. The van der Waals surface area contributed by atoms with Crippen molar-refractivity contribution in [1.82, 2.24) is 9.97 Å². The molecule has 1 fully saturated rings. The summed E-state index contributed by atoms with van der Waals surface area (Å²) in [6.07, 6.45) is 7.06. The first-order valence-electron chi connectivity index (χ1n) is 7.20. The van der Waals surface area contributed by atoms with E-state index in [1.54, 1.807) is 18.5 Å². The summed E-state index contributed by atoms with van der Waals surface area (Å²) in [6, 6.07) is 2.14. The van der Waals surface area contributed by atoms with E-state index in [2.05, 4.69) is 15.3 Å². The molecule has 2 rings (SSSR count). The van der Waals surface area contributed by atoms with E-state index in [0.717, 1.165) is 25.7 Å². The monoisotopic (exact) mass is 277 g/mol. The summed E-state index contributed by atoms with van der Waals surface area (Å²) in [5.74, 6) is 0.629. The van der Waals surface area contributed by atoms with Gasteiger partial charge in [-0.15, -0.1) is 0 Å². The van der Waals surface area contributed by atoms with Crippen molar-refractivity contribution >= 4 is 11.9 Å². The number of hydrogen-bond acceptors (Lipinski definition) is 5. The molecule has 1 saturated carbocycles. The fourth-order valence-electron chi connectivity index (χ4n) is 2.41. The Bertz CT molecular complexity index is 434. The zero-order valence-electron chi connectivity index (χ0n) is 12.4. The lowest BCUT2D eigenvalue weighted by Crippen LogP contribution is -2.34. The molecular weight excluding hydrogens is 254 g/mol. The molecule has 0 bridgehead atoms. The fourth-order valence-corrected chi connectivity index (χ4v) is 2.41. The minimum absolute atomic E-state index is 0.0315. The van der Waals surface area contributed by atoms with Crippen molar-refractivity contribution < 1.29 is 9.53 Å². The van der Waals surface area contributed by atoms with E-state index in [-0.39, 0.29) is 11.9 Å². The highest BCUT2D eigenvalue weighted by molar-refractivity contribution is 5.73. The maximum absolute atomic E-state index is 12.0. The van der Waals surface area contributed by atoms with Gasteiger partial charge in [-0.25, -0.2) is 9.97 Å². The standard InChI is InChI=1S/C15H23N3O2/c1-15(2,3)20-13(19)11-5-7-12(8-6-11)18-14-16-9-4-10-17-14/h4,9-12H,5-8H2,1-3H3,(H,16,17,18). The predicted molar refractivity (Wildman–Crippen MR) is 77.2 cm³/mol. The molecule has 5 heteroatoms. The fraction of sp³-hybridized carbons (Fsp3) is 0.667. The van der Waals surface area contributed by atoms with E-state index in [1.807, 2.05) is 20.8 Å². The number of aromatic nitrogens is 2. The highest BCUT2D eigenvalue weighted by atomic mass is 16.6. The number of ether oxygens (including phenoxy) is 1. The number of nitrogens with one attached hydrogen (secondary N) is 1. The van der Waals surface area contributed by atoms with Gasteiger partial charge in [-0.1, -0.05) is 0 Å². The third kappa shape index (κ3) is 4.47. The molecule has 0 saturated heterocycles. The zero-order valence-corrected chi connectivity index (χ0v) is 12.4. The second-order valence-electron chi connectivity index (χ2n) is 6.30. The van der Waals surface area contributed by atoms with Gasteiger partial charge in [0.05, 0.1) is 5.92 Å².